The lowest BCUT2D eigenvalue weighted by molar-refractivity contribution is -0.910. The van der Waals surface area contributed by atoms with Gasteiger partial charge in [-0.15, -0.1) is 0 Å². The highest BCUT2D eigenvalue weighted by molar-refractivity contribution is 5.65. The average Bonchev–Trinajstić information content (AvgIpc) is 2.54. The van der Waals surface area contributed by atoms with Crippen LogP contribution in [-0.2, 0) is 9.53 Å². The molecule has 0 bridgehead atoms. The minimum atomic E-state index is -0.152. The molecule has 0 radical (unpaired) electrons. The first kappa shape index (κ1) is 23.4. The van der Waals surface area contributed by atoms with E-state index in [1.165, 1.54) is 97.1 Å². The molecule has 0 aliphatic heterocycles. The van der Waals surface area contributed by atoms with Crippen molar-refractivity contribution in [3.8, 4) is 0 Å². The molecule has 0 amide bonds. The quantitative estimate of drug-likeness (QED) is 0.192. The van der Waals surface area contributed by atoms with Crippen LogP contribution in [-0.4, -0.2) is 43.7 Å². The second kappa shape index (κ2) is 15.9. The largest absolute Gasteiger partial charge is 0.460 e. The summed E-state index contributed by atoms with van der Waals surface area (Å²) in [5.41, 5.74) is 0. The van der Waals surface area contributed by atoms with Crippen molar-refractivity contribution >= 4 is 5.97 Å². The number of carbonyl (C=O) groups is 1. The van der Waals surface area contributed by atoms with Gasteiger partial charge in [-0.05, 0) is 25.7 Å². The van der Waals surface area contributed by atoms with Crippen LogP contribution in [0.1, 0.15) is 97.8 Å². The van der Waals surface area contributed by atoms with Gasteiger partial charge in [0.1, 0.15) is 13.2 Å². The first-order valence-electron chi connectivity index (χ1n) is 10.5. The summed E-state index contributed by atoms with van der Waals surface area (Å²) < 4.78 is 6.27. The van der Waals surface area contributed by atoms with Gasteiger partial charge in [0.2, 0.25) is 0 Å². The van der Waals surface area contributed by atoms with Gasteiger partial charge < -0.3 is 9.22 Å². The zero-order valence-electron chi connectivity index (χ0n) is 17.1. The van der Waals surface area contributed by atoms with Gasteiger partial charge in [-0.2, -0.15) is 0 Å². The Bertz CT molecular complexity index is 276. The molecule has 0 unspecified atom stereocenters. The van der Waals surface area contributed by atoms with Crippen molar-refractivity contribution < 1.29 is 14.0 Å². The molecular weight excluding hydrogens is 298 g/mol. The van der Waals surface area contributed by atoms with E-state index in [2.05, 4.69) is 20.9 Å². The van der Waals surface area contributed by atoms with Crippen LogP contribution in [0.2, 0.25) is 0 Å². The number of esters is 1. The van der Waals surface area contributed by atoms with Crippen molar-refractivity contribution in [2.24, 2.45) is 0 Å². The van der Waals surface area contributed by atoms with Gasteiger partial charge in [0.05, 0.1) is 20.1 Å². The van der Waals surface area contributed by atoms with Crippen LogP contribution in [0.25, 0.3) is 0 Å². The summed E-state index contributed by atoms with van der Waals surface area (Å²) in [6.07, 6.45) is 16.2. The number of likely N-dealkylation sites (N-methyl/N-ethyl adjacent to an activating group) is 1. The fourth-order valence-corrected chi connectivity index (χ4v) is 3.29. The summed E-state index contributed by atoms with van der Waals surface area (Å²) in [5, 5.41) is 0. The summed E-state index contributed by atoms with van der Waals surface area (Å²) in [6.45, 7) is 10.0. The average molecular weight is 343 g/mol. The number of rotatable bonds is 17. The summed E-state index contributed by atoms with van der Waals surface area (Å²) in [6, 6.07) is 0. The molecule has 0 fully saturated rings. The number of hydrogen-bond acceptors (Lipinski definition) is 2. The topological polar surface area (TPSA) is 26.3 Å². The monoisotopic (exact) mass is 342 g/mol. The highest BCUT2D eigenvalue weighted by Gasteiger charge is 2.21. The second-order valence-electron chi connectivity index (χ2n) is 7.67. The first-order valence-corrected chi connectivity index (χ1v) is 10.5. The van der Waals surface area contributed by atoms with Crippen molar-refractivity contribution in [3.05, 3.63) is 0 Å². The Kier molecular flexibility index (Phi) is 15.6. The standard InChI is InChI=1S/C21H44NO2/c1-5-7-9-11-13-15-17-22(4,19-20-24-21(3)23)18-16-14-12-10-8-6-2/h5-20H2,1-4H3/q+1. The van der Waals surface area contributed by atoms with E-state index in [0.29, 0.717) is 6.61 Å². The summed E-state index contributed by atoms with van der Waals surface area (Å²) >= 11 is 0. The van der Waals surface area contributed by atoms with E-state index in [0.717, 1.165) is 11.0 Å². The Balaban J connectivity index is 4.05. The molecule has 0 aliphatic rings. The Morgan fingerprint density at radius 3 is 1.54 bits per heavy atom. The fraction of sp³-hybridized carbons (Fsp3) is 0.952. The molecule has 0 aliphatic carbocycles. The van der Waals surface area contributed by atoms with Crippen LogP contribution in [0.3, 0.4) is 0 Å². The lowest BCUT2D eigenvalue weighted by Gasteiger charge is -2.34. The predicted molar refractivity (Wildman–Crippen MR) is 104 cm³/mol. The number of carbonyl (C=O) groups excluding carboxylic acids is 1. The Hall–Kier alpha value is -0.570. The zero-order chi connectivity index (χ0) is 18.1. The number of hydrogen-bond donors (Lipinski definition) is 0. The van der Waals surface area contributed by atoms with Gasteiger partial charge in [-0.25, -0.2) is 0 Å². The fourth-order valence-electron chi connectivity index (χ4n) is 3.29. The van der Waals surface area contributed by atoms with Crippen LogP contribution >= 0.6 is 0 Å². The maximum Gasteiger partial charge on any atom is 0.302 e. The van der Waals surface area contributed by atoms with Crippen molar-refractivity contribution in [1.82, 2.24) is 0 Å². The first-order chi connectivity index (χ1) is 11.5. The molecule has 0 heterocycles. The molecule has 0 saturated heterocycles. The molecule has 144 valence electrons. The molecule has 0 aromatic rings. The van der Waals surface area contributed by atoms with Crippen molar-refractivity contribution in [1.29, 1.82) is 0 Å². The van der Waals surface area contributed by atoms with E-state index < -0.39 is 0 Å². The van der Waals surface area contributed by atoms with E-state index in [1.807, 2.05) is 0 Å². The zero-order valence-corrected chi connectivity index (χ0v) is 17.1. The lowest BCUT2D eigenvalue weighted by Crippen LogP contribution is -2.48. The molecule has 0 spiro atoms. The van der Waals surface area contributed by atoms with Gasteiger partial charge in [-0.3, -0.25) is 4.79 Å². The Morgan fingerprint density at radius 1 is 0.708 bits per heavy atom. The summed E-state index contributed by atoms with van der Waals surface area (Å²) in [5.74, 6) is -0.152. The number of nitrogens with zero attached hydrogens (tertiary/aromatic N) is 1. The van der Waals surface area contributed by atoms with Gasteiger partial charge in [0.15, 0.2) is 0 Å². The number of ether oxygens (including phenoxy) is 1. The minimum absolute atomic E-state index is 0.152. The molecule has 3 nitrogen and oxygen atoms in total. The molecule has 24 heavy (non-hydrogen) atoms. The van der Waals surface area contributed by atoms with Crippen LogP contribution in [0.15, 0.2) is 0 Å². The molecule has 0 atom stereocenters. The predicted octanol–water partition coefficient (Wildman–Crippen LogP) is 5.72. The minimum Gasteiger partial charge on any atom is -0.460 e. The van der Waals surface area contributed by atoms with Crippen molar-refractivity contribution in [2.75, 3.05) is 33.3 Å². The molecule has 0 rings (SSSR count). The molecule has 0 aromatic carbocycles. The van der Waals surface area contributed by atoms with Gasteiger partial charge in [-0.1, -0.05) is 65.2 Å². The van der Waals surface area contributed by atoms with E-state index in [1.54, 1.807) is 0 Å². The van der Waals surface area contributed by atoms with Gasteiger partial charge in [0.25, 0.3) is 0 Å². The van der Waals surface area contributed by atoms with Gasteiger partial charge in [0, 0.05) is 6.92 Å². The SMILES string of the molecule is CCCCCCCC[N+](C)(CCCCCCCC)CCOC(C)=O. The number of unbranched alkanes of at least 4 members (excludes halogenated alkanes) is 10. The summed E-state index contributed by atoms with van der Waals surface area (Å²) in [7, 11) is 2.35. The van der Waals surface area contributed by atoms with Crippen LogP contribution < -0.4 is 0 Å². The van der Waals surface area contributed by atoms with Crippen molar-refractivity contribution in [2.45, 2.75) is 97.8 Å². The molecule has 0 saturated carbocycles. The van der Waals surface area contributed by atoms with E-state index >= 15 is 0 Å². The lowest BCUT2D eigenvalue weighted by atomic mass is 10.1. The third kappa shape index (κ3) is 15.0. The normalized spacial score (nSPS) is 11.7. The third-order valence-electron chi connectivity index (χ3n) is 5.04. The van der Waals surface area contributed by atoms with E-state index in [9.17, 15) is 4.79 Å². The smallest absolute Gasteiger partial charge is 0.302 e. The molecule has 0 aromatic heterocycles. The molecule has 3 heteroatoms. The van der Waals surface area contributed by atoms with Crippen LogP contribution in [0.5, 0.6) is 0 Å². The van der Waals surface area contributed by atoms with E-state index in [-0.39, 0.29) is 5.97 Å². The van der Waals surface area contributed by atoms with E-state index in [4.69, 9.17) is 4.74 Å². The molecular formula is C21H44NO2+. The second-order valence-corrected chi connectivity index (χ2v) is 7.67. The van der Waals surface area contributed by atoms with Crippen molar-refractivity contribution in [3.63, 3.8) is 0 Å². The highest BCUT2D eigenvalue weighted by Crippen LogP contribution is 2.13. The van der Waals surface area contributed by atoms with Gasteiger partial charge >= 0.3 is 5.97 Å². The summed E-state index contributed by atoms with van der Waals surface area (Å²) in [4.78, 5) is 11.0. The third-order valence-corrected chi connectivity index (χ3v) is 5.04. The molecule has 0 N–H and O–H groups in total. The Labute approximate surface area is 151 Å². The maximum atomic E-state index is 11.0. The highest BCUT2D eigenvalue weighted by atomic mass is 16.5. The van der Waals surface area contributed by atoms with Crippen LogP contribution in [0, 0.1) is 0 Å². The maximum absolute atomic E-state index is 11.0. The number of quaternary nitrogens is 1. The van der Waals surface area contributed by atoms with Crippen LogP contribution in [0.4, 0.5) is 0 Å². The Morgan fingerprint density at radius 2 is 1.12 bits per heavy atom.